The molecule has 0 radical (unpaired) electrons. The molecule has 0 N–H and O–H groups in total. The molecule has 1 nitrogen and oxygen atoms in total. The summed E-state index contributed by atoms with van der Waals surface area (Å²) in [6.45, 7) is 4.85. The molecule has 5 rings (SSSR count). The second-order valence-electron chi connectivity index (χ2n) is 12.0. The zero-order valence-electron chi connectivity index (χ0n) is 22.7. The van der Waals surface area contributed by atoms with Gasteiger partial charge in [-0.3, -0.25) is 0 Å². The summed E-state index contributed by atoms with van der Waals surface area (Å²) >= 11 is 6.36. The maximum Gasteiger partial charge on any atom is 0.173 e. The first kappa shape index (κ1) is 27.0. The van der Waals surface area contributed by atoms with Gasteiger partial charge in [0, 0.05) is 11.1 Å². The summed E-state index contributed by atoms with van der Waals surface area (Å²) in [5, 5.41) is 0.0396. The molecule has 0 spiro atoms. The molecule has 3 aliphatic carbocycles. The van der Waals surface area contributed by atoms with Gasteiger partial charge in [-0.1, -0.05) is 70.4 Å². The van der Waals surface area contributed by atoms with Crippen LogP contribution in [0.3, 0.4) is 0 Å². The van der Waals surface area contributed by atoms with Crippen LogP contribution >= 0.6 is 11.6 Å². The van der Waals surface area contributed by atoms with Crippen molar-refractivity contribution in [3.63, 3.8) is 0 Å². The Morgan fingerprint density at radius 1 is 0.784 bits per heavy atom. The Morgan fingerprint density at radius 2 is 1.46 bits per heavy atom. The molecule has 0 saturated heterocycles. The third kappa shape index (κ3) is 5.58. The molecule has 2 saturated carbocycles. The summed E-state index contributed by atoms with van der Waals surface area (Å²) in [6.07, 6.45) is 17.7. The largest absolute Gasteiger partial charge is 0.490 e. The molecule has 202 valence electrons. The lowest BCUT2D eigenvalue weighted by molar-refractivity contribution is 0.120. The van der Waals surface area contributed by atoms with Crippen molar-refractivity contribution in [1.29, 1.82) is 0 Å². The van der Waals surface area contributed by atoms with Crippen LogP contribution in [0.5, 0.6) is 5.75 Å². The Labute approximate surface area is 227 Å². The van der Waals surface area contributed by atoms with E-state index in [-0.39, 0.29) is 10.8 Å². The average molecular weight is 529 g/mol. The van der Waals surface area contributed by atoms with Crippen LogP contribution in [0.4, 0.5) is 8.78 Å². The molecule has 0 unspecified atom stereocenters. The number of rotatable bonds is 10. The van der Waals surface area contributed by atoms with E-state index >= 15 is 4.39 Å². The minimum atomic E-state index is -0.416. The van der Waals surface area contributed by atoms with Crippen LogP contribution in [0.1, 0.15) is 103 Å². The molecule has 37 heavy (non-hydrogen) atoms. The van der Waals surface area contributed by atoms with Crippen molar-refractivity contribution in [3.8, 4) is 28.0 Å². The molecular weight excluding hydrogens is 486 g/mol. The summed E-state index contributed by atoms with van der Waals surface area (Å²) in [6, 6.07) is 5.47. The van der Waals surface area contributed by atoms with Crippen LogP contribution < -0.4 is 4.74 Å². The van der Waals surface area contributed by atoms with E-state index in [0.29, 0.717) is 35.6 Å². The van der Waals surface area contributed by atoms with E-state index in [2.05, 4.69) is 6.92 Å². The van der Waals surface area contributed by atoms with Gasteiger partial charge in [-0.2, -0.15) is 0 Å². The summed E-state index contributed by atoms with van der Waals surface area (Å²) in [7, 11) is 0. The second kappa shape index (κ2) is 12.1. The summed E-state index contributed by atoms with van der Waals surface area (Å²) in [5.41, 5.74) is 3.17. The van der Waals surface area contributed by atoms with Crippen LogP contribution in [0.2, 0.25) is 5.02 Å². The van der Waals surface area contributed by atoms with E-state index in [0.717, 1.165) is 35.3 Å². The number of ether oxygens (including phenoxy) is 1. The first-order chi connectivity index (χ1) is 18.0. The number of unbranched alkanes of at least 4 members (excludes halogenated alkanes) is 2. The zero-order valence-corrected chi connectivity index (χ0v) is 23.4. The number of hydrogen-bond acceptors (Lipinski definition) is 1. The van der Waals surface area contributed by atoms with Crippen molar-refractivity contribution in [1.82, 2.24) is 0 Å². The van der Waals surface area contributed by atoms with E-state index < -0.39 is 11.6 Å². The van der Waals surface area contributed by atoms with Gasteiger partial charge >= 0.3 is 0 Å². The minimum absolute atomic E-state index is 0.0396. The third-order valence-electron chi connectivity index (χ3n) is 9.59. The van der Waals surface area contributed by atoms with Crippen molar-refractivity contribution in [2.24, 2.45) is 23.7 Å². The van der Waals surface area contributed by atoms with Crippen molar-refractivity contribution in [2.75, 3.05) is 6.61 Å². The normalized spacial score (nSPS) is 24.8. The van der Waals surface area contributed by atoms with E-state index in [1.807, 2.05) is 19.1 Å². The summed E-state index contributed by atoms with van der Waals surface area (Å²) in [4.78, 5) is 0. The molecule has 0 amide bonds. The Balaban J connectivity index is 1.12. The molecule has 4 heteroatoms. The van der Waals surface area contributed by atoms with Crippen molar-refractivity contribution in [3.05, 3.63) is 40.4 Å². The van der Waals surface area contributed by atoms with Gasteiger partial charge < -0.3 is 4.74 Å². The Hall–Kier alpha value is -1.61. The maximum absolute atomic E-state index is 15.4. The SMILES string of the molecule is CCCCCC1CCC(C2CCC(COc3ccc4c(c3F)-c3c-4cc(CCC)c(F)c3Cl)CC2)CC1. The van der Waals surface area contributed by atoms with Gasteiger partial charge in [0.2, 0.25) is 0 Å². The molecule has 0 heterocycles. The van der Waals surface area contributed by atoms with Gasteiger partial charge in [-0.05, 0) is 104 Å². The molecule has 2 aromatic carbocycles. The molecule has 0 aliphatic heterocycles. The van der Waals surface area contributed by atoms with Gasteiger partial charge in [0.1, 0.15) is 5.82 Å². The standard InChI is InChI=1S/C33H43ClF2O/c1-3-5-6-8-21-9-13-23(14-10-21)24-15-11-22(12-16-24)20-37-28-18-17-26-27-19-25(7-4-2)32(35)31(34)29(27)30(26)33(28)36/h17-19,21-24H,3-16,20H2,1-2H3. The van der Waals surface area contributed by atoms with Gasteiger partial charge in [0.05, 0.1) is 11.6 Å². The smallest absolute Gasteiger partial charge is 0.173 e. The predicted octanol–water partition coefficient (Wildman–Crippen LogP) is 10.8. The van der Waals surface area contributed by atoms with Crippen LogP contribution in [-0.2, 0) is 6.42 Å². The number of halogens is 3. The first-order valence-corrected chi connectivity index (χ1v) is 15.4. The van der Waals surface area contributed by atoms with Gasteiger partial charge in [0.25, 0.3) is 0 Å². The molecule has 0 bridgehead atoms. The van der Waals surface area contributed by atoms with Crippen LogP contribution in [-0.4, -0.2) is 6.61 Å². The lowest BCUT2D eigenvalue weighted by atomic mass is 9.69. The second-order valence-corrected chi connectivity index (χ2v) is 12.4. The highest BCUT2D eigenvalue weighted by molar-refractivity contribution is 6.36. The van der Waals surface area contributed by atoms with Crippen LogP contribution in [0.25, 0.3) is 22.3 Å². The molecular formula is C33H43ClF2O. The molecule has 3 aliphatic rings. The monoisotopic (exact) mass is 528 g/mol. The van der Waals surface area contributed by atoms with Gasteiger partial charge in [-0.25, -0.2) is 8.78 Å². The fourth-order valence-corrected chi connectivity index (χ4v) is 7.64. The number of aryl methyl sites for hydroxylation is 1. The summed E-state index contributed by atoms with van der Waals surface area (Å²) in [5.74, 6) is 2.69. The predicted molar refractivity (Wildman–Crippen MR) is 150 cm³/mol. The topological polar surface area (TPSA) is 9.23 Å². The quantitative estimate of drug-likeness (QED) is 0.238. The van der Waals surface area contributed by atoms with Crippen molar-refractivity contribution >= 4 is 11.6 Å². The highest BCUT2D eigenvalue weighted by Crippen LogP contribution is 2.55. The van der Waals surface area contributed by atoms with E-state index in [1.54, 1.807) is 6.07 Å². The van der Waals surface area contributed by atoms with Gasteiger partial charge in [0.15, 0.2) is 11.6 Å². The molecule has 2 fully saturated rings. The fraction of sp³-hybridized carbons (Fsp3) is 0.636. The highest BCUT2D eigenvalue weighted by atomic mass is 35.5. The number of fused-ring (bicyclic) bond motifs is 4. The maximum atomic E-state index is 15.4. The van der Waals surface area contributed by atoms with Crippen molar-refractivity contribution < 1.29 is 13.5 Å². The van der Waals surface area contributed by atoms with Gasteiger partial charge in [-0.15, -0.1) is 0 Å². The van der Waals surface area contributed by atoms with E-state index in [1.165, 1.54) is 77.0 Å². The molecule has 2 aromatic rings. The minimum Gasteiger partial charge on any atom is -0.490 e. The van der Waals surface area contributed by atoms with Crippen LogP contribution in [0, 0.1) is 35.3 Å². The first-order valence-electron chi connectivity index (χ1n) is 15.0. The Morgan fingerprint density at radius 3 is 2.11 bits per heavy atom. The third-order valence-corrected chi connectivity index (χ3v) is 9.94. The Kier molecular flexibility index (Phi) is 8.79. The average Bonchev–Trinajstić information content (AvgIpc) is 2.91. The van der Waals surface area contributed by atoms with Crippen LogP contribution in [0.15, 0.2) is 18.2 Å². The number of hydrogen-bond donors (Lipinski definition) is 0. The van der Waals surface area contributed by atoms with E-state index in [9.17, 15) is 4.39 Å². The molecule has 0 aromatic heterocycles. The Bertz CT molecular complexity index is 1080. The van der Waals surface area contributed by atoms with E-state index in [4.69, 9.17) is 16.3 Å². The zero-order chi connectivity index (χ0) is 25.9. The fourth-order valence-electron chi connectivity index (χ4n) is 7.33. The molecule has 0 atom stereocenters. The lowest BCUT2D eigenvalue weighted by Gasteiger charge is -2.38. The summed E-state index contributed by atoms with van der Waals surface area (Å²) < 4.78 is 36.2. The number of benzene rings is 2. The lowest BCUT2D eigenvalue weighted by Crippen LogP contribution is -2.27. The highest BCUT2D eigenvalue weighted by Gasteiger charge is 2.34. The van der Waals surface area contributed by atoms with Crippen molar-refractivity contribution in [2.45, 2.75) is 104 Å².